The summed E-state index contributed by atoms with van der Waals surface area (Å²) < 4.78 is 5.56. The van der Waals surface area contributed by atoms with Crippen LogP contribution in [0.3, 0.4) is 0 Å². The standard InChI is InChI=1S/C23H24ClNO4/c1-3-13-25-20(15-5-9-17(24)10-6-15)19(22(27)23(25)28)21(26)16-7-11-18(12-8-16)29-14-4-2/h5-12,20,26H,3-4,13-14H2,1-2H3/b21-19-. The summed E-state index contributed by atoms with van der Waals surface area (Å²) in [6.07, 6.45) is 1.59. The molecule has 29 heavy (non-hydrogen) atoms. The van der Waals surface area contributed by atoms with Gasteiger partial charge in [0.25, 0.3) is 11.7 Å². The van der Waals surface area contributed by atoms with Crippen molar-refractivity contribution in [1.82, 2.24) is 4.90 Å². The van der Waals surface area contributed by atoms with E-state index in [0.29, 0.717) is 35.9 Å². The van der Waals surface area contributed by atoms with Crippen molar-refractivity contribution < 1.29 is 19.4 Å². The van der Waals surface area contributed by atoms with E-state index in [9.17, 15) is 14.7 Å². The number of amides is 1. The van der Waals surface area contributed by atoms with Crippen LogP contribution in [-0.4, -0.2) is 34.8 Å². The van der Waals surface area contributed by atoms with E-state index in [0.717, 1.165) is 12.0 Å². The summed E-state index contributed by atoms with van der Waals surface area (Å²) in [7, 11) is 0. The number of Topliss-reactive ketones (excluding diaryl/α,β-unsaturated/α-hetero) is 1. The van der Waals surface area contributed by atoms with Crippen LogP contribution >= 0.6 is 11.6 Å². The van der Waals surface area contributed by atoms with Gasteiger partial charge in [-0.2, -0.15) is 0 Å². The van der Waals surface area contributed by atoms with Gasteiger partial charge in [0.05, 0.1) is 18.2 Å². The number of ketones is 1. The maximum atomic E-state index is 12.8. The summed E-state index contributed by atoms with van der Waals surface area (Å²) >= 11 is 6.00. The summed E-state index contributed by atoms with van der Waals surface area (Å²) in [5.41, 5.74) is 1.28. The van der Waals surface area contributed by atoms with Gasteiger partial charge >= 0.3 is 0 Å². The van der Waals surface area contributed by atoms with E-state index in [1.54, 1.807) is 48.5 Å². The molecule has 2 aromatic carbocycles. The molecule has 5 nitrogen and oxygen atoms in total. The highest BCUT2D eigenvalue weighted by atomic mass is 35.5. The molecule has 0 aromatic heterocycles. The number of nitrogens with zero attached hydrogens (tertiary/aromatic N) is 1. The summed E-state index contributed by atoms with van der Waals surface area (Å²) in [6.45, 7) is 4.97. The molecule has 152 valence electrons. The molecular weight excluding hydrogens is 390 g/mol. The summed E-state index contributed by atoms with van der Waals surface area (Å²) in [6, 6.07) is 13.2. The van der Waals surface area contributed by atoms with E-state index >= 15 is 0 Å². The molecule has 1 fully saturated rings. The number of carbonyl (C=O) groups excluding carboxylic acids is 2. The third-order valence-corrected chi connectivity index (χ3v) is 5.04. The molecule has 0 aliphatic carbocycles. The Morgan fingerprint density at radius 3 is 2.28 bits per heavy atom. The molecule has 1 aliphatic heterocycles. The molecule has 1 N–H and O–H groups in total. The Morgan fingerprint density at radius 1 is 1.03 bits per heavy atom. The predicted molar refractivity (Wildman–Crippen MR) is 113 cm³/mol. The minimum Gasteiger partial charge on any atom is -0.507 e. The van der Waals surface area contributed by atoms with Crippen LogP contribution in [-0.2, 0) is 9.59 Å². The number of hydrogen-bond acceptors (Lipinski definition) is 4. The Balaban J connectivity index is 2.06. The molecule has 3 rings (SSSR count). The molecule has 1 unspecified atom stereocenters. The van der Waals surface area contributed by atoms with Crippen molar-refractivity contribution >= 4 is 29.1 Å². The highest BCUT2D eigenvalue weighted by Crippen LogP contribution is 2.39. The second-order valence-corrected chi connectivity index (χ2v) is 7.35. The molecular formula is C23H24ClNO4. The minimum atomic E-state index is -0.679. The van der Waals surface area contributed by atoms with Gasteiger partial charge in [0, 0.05) is 17.1 Å². The Bertz CT molecular complexity index is 919. The molecule has 1 amide bonds. The zero-order valence-corrected chi connectivity index (χ0v) is 17.3. The molecule has 2 aromatic rings. The second kappa shape index (κ2) is 9.14. The number of rotatable bonds is 7. The number of benzene rings is 2. The van der Waals surface area contributed by atoms with Crippen molar-refractivity contribution in [2.24, 2.45) is 0 Å². The fourth-order valence-corrected chi connectivity index (χ4v) is 3.55. The lowest BCUT2D eigenvalue weighted by molar-refractivity contribution is -0.139. The van der Waals surface area contributed by atoms with Crippen molar-refractivity contribution in [2.75, 3.05) is 13.2 Å². The zero-order valence-electron chi connectivity index (χ0n) is 16.5. The van der Waals surface area contributed by atoms with Gasteiger partial charge in [0.1, 0.15) is 11.5 Å². The van der Waals surface area contributed by atoms with Gasteiger partial charge in [-0.05, 0) is 54.8 Å². The van der Waals surface area contributed by atoms with Gasteiger partial charge in [-0.25, -0.2) is 0 Å². The fraction of sp³-hybridized carbons (Fsp3) is 0.304. The summed E-state index contributed by atoms with van der Waals surface area (Å²) in [5.74, 6) is -0.786. The van der Waals surface area contributed by atoms with Crippen LogP contribution in [0.1, 0.15) is 43.9 Å². The van der Waals surface area contributed by atoms with Crippen LogP contribution in [0.4, 0.5) is 0 Å². The first-order valence-corrected chi connectivity index (χ1v) is 10.1. The maximum absolute atomic E-state index is 12.8. The summed E-state index contributed by atoms with van der Waals surface area (Å²) in [4.78, 5) is 27.0. The van der Waals surface area contributed by atoms with E-state index in [1.165, 1.54) is 4.90 Å². The lowest BCUT2D eigenvalue weighted by atomic mass is 9.95. The van der Waals surface area contributed by atoms with Gasteiger partial charge in [-0.15, -0.1) is 0 Å². The normalized spacial score (nSPS) is 18.3. The number of likely N-dealkylation sites (tertiary alicyclic amines) is 1. The third kappa shape index (κ3) is 4.30. The van der Waals surface area contributed by atoms with Crippen molar-refractivity contribution in [3.63, 3.8) is 0 Å². The Morgan fingerprint density at radius 2 is 1.69 bits per heavy atom. The van der Waals surface area contributed by atoms with Crippen LogP contribution in [0.5, 0.6) is 5.75 Å². The van der Waals surface area contributed by atoms with Crippen LogP contribution in [0, 0.1) is 0 Å². The fourth-order valence-electron chi connectivity index (χ4n) is 3.43. The monoisotopic (exact) mass is 413 g/mol. The number of halogens is 1. The minimum absolute atomic E-state index is 0.0907. The van der Waals surface area contributed by atoms with Gasteiger partial charge in [0.15, 0.2) is 0 Å². The first kappa shape index (κ1) is 20.9. The number of carbonyl (C=O) groups is 2. The Kier molecular flexibility index (Phi) is 6.60. The topological polar surface area (TPSA) is 66.8 Å². The van der Waals surface area contributed by atoms with E-state index < -0.39 is 17.7 Å². The third-order valence-electron chi connectivity index (χ3n) is 4.79. The summed E-state index contributed by atoms with van der Waals surface area (Å²) in [5, 5.41) is 11.5. The van der Waals surface area contributed by atoms with Crippen molar-refractivity contribution in [2.45, 2.75) is 32.7 Å². The SMILES string of the molecule is CCCOc1ccc(/C(O)=C2/C(=O)C(=O)N(CCC)C2c2ccc(Cl)cc2)cc1. The highest BCUT2D eigenvalue weighted by Gasteiger charge is 2.45. The van der Waals surface area contributed by atoms with Crippen LogP contribution in [0.2, 0.25) is 5.02 Å². The molecule has 0 bridgehead atoms. The smallest absolute Gasteiger partial charge is 0.295 e. The molecule has 0 spiro atoms. The first-order valence-electron chi connectivity index (χ1n) is 9.75. The number of ether oxygens (including phenoxy) is 1. The van der Waals surface area contributed by atoms with Crippen molar-refractivity contribution in [1.29, 1.82) is 0 Å². The van der Waals surface area contributed by atoms with E-state index in [-0.39, 0.29) is 11.3 Å². The molecule has 6 heteroatoms. The first-order chi connectivity index (χ1) is 14.0. The number of hydrogen-bond donors (Lipinski definition) is 1. The molecule has 1 aliphatic rings. The molecule has 0 radical (unpaired) electrons. The zero-order chi connectivity index (χ0) is 21.0. The Labute approximate surface area is 175 Å². The van der Waals surface area contributed by atoms with Crippen molar-refractivity contribution in [3.8, 4) is 5.75 Å². The lowest BCUT2D eigenvalue weighted by Crippen LogP contribution is -2.30. The van der Waals surface area contributed by atoms with E-state index in [4.69, 9.17) is 16.3 Å². The molecule has 1 heterocycles. The van der Waals surface area contributed by atoms with Crippen LogP contribution < -0.4 is 4.74 Å². The van der Waals surface area contributed by atoms with Crippen LogP contribution in [0.15, 0.2) is 54.1 Å². The molecule has 0 saturated carbocycles. The molecule has 1 saturated heterocycles. The average Bonchev–Trinajstić information content (AvgIpc) is 2.98. The molecule has 1 atom stereocenters. The van der Waals surface area contributed by atoms with Crippen molar-refractivity contribution in [3.05, 3.63) is 70.3 Å². The average molecular weight is 414 g/mol. The quantitative estimate of drug-likeness (QED) is 0.395. The second-order valence-electron chi connectivity index (χ2n) is 6.92. The van der Waals surface area contributed by atoms with Gasteiger partial charge < -0.3 is 14.7 Å². The van der Waals surface area contributed by atoms with Crippen LogP contribution in [0.25, 0.3) is 5.76 Å². The predicted octanol–water partition coefficient (Wildman–Crippen LogP) is 4.96. The Hall–Kier alpha value is -2.79. The number of aliphatic hydroxyl groups is 1. The highest BCUT2D eigenvalue weighted by molar-refractivity contribution is 6.46. The number of aliphatic hydroxyl groups excluding tert-OH is 1. The maximum Gasteiger partial charge on any atom is 0.295 e. The van der Waals surface area contributed by atoms with Gasteiger partial charge in [0.2, 0.25) is 0 Å². The van der Waals surface area contributed by atoms with E-state index in [2.05, 4.69) is 0 Å². The van der Waals surface area contributed by atoms with E-state index in [1.807, 2.05) is 13.8 Å². The van der Waals surface area contributed by atoms with Gasteiger partial charge in [-0.3, -0.25) is 9.59 Å². The lowest BCUT2D eigenvalue weighted by Gasteiger charge is -2.24. The van der Waals surface area contributed by atoms with Gasteiger partial charge in [-0.1, -0.05) is 37.6 Å². The largest absolute Gasteiger partial charge is 0.507 e.